The lowest BCUT2D eigenvalue weighted by Crippen LogP contribution is -2.40. The summed E-state index contributed by atoms with van der Waals surface area (Å²) in [4.78, 5) is 14.4. The number of oxime groups is 1. The fourth-order valence-electron chi connectivity index (χ4n) is 3.31. The molecule has 0 unspecified atom stereocenters. The lowest BCUT2D eigenvalue weighted by Gasteiger charge is -2.28. The summed E-state index contributed by atoms with van der Waals surface area (Å²) in [6, 6.07) is 0. The first-order valence-corrected chi connectivity index (χ1v) is 7.63. The molecular weight excluding hydrogens is 284 g/mol. The van der Waals surface area contributed by atoms with E-state index in [9.17, 15) is 10.0 Å². The van der Waals surface area contributed by atoms with Crippen LogP contribution in [0.3, 0.4) is 0 Å². The van der Waals surface area contributed by atoms with E-state index in [0.29, 0.717) is 44.2 Å². The number of carbonyl (C=O) groups is 1. The summed E-state index contributed by atoms with van der Waals surface area (Å²) < 4.78 is 11.2. The van der Waals surface area contributed by atoms with E-state index in [-0.39, 0.29) is 11.3 Å². The SMILES string of the molecule is Cc1c(C(=O)N2CCOCC2)oc2c1/C(=N/O)CC(C)(C)C2. The van der Waals surface area contributed by atoms with Crippen molar-refractivity contribution in [1.82, 2.24) is 4.90 Å². The molecule has 0 saturated carbocycles. The second-order valence-corrected chi connectivity index (χ2v) is 6.82. The van der Waals surface area contributed by atoms with Gasteiger partial charge in [-0.1, -0.05) is 19.0 Å². The summed E-state index contributed by atoms with van der Waals surface area (Å²) in [5.74, 6) is 1.01. The highest BCUT2D eigenvalue weighted by Gasteiger charge is 2.37. The predicted octanol–water partition coefficient (Wildman–Crippen LogP) is 2.21. The minimum Gasteiger partial charge on any atom is -0.455 e. The summed E-state index contributed by atoms with van der Waals surface area (Å²) in [5, 5.41) is 12.8. The van der Waals surface area contributed by atoms with Crippen LogP contribution in [-0.4, -0.2) is 48.0 Å². The van der Waals surface area contributed by atoms with Gasteiger partial charge in [-0.2, -0.15) is 0 Å². The maximum atomic E-state index is 12.7. The van der Waals surface area contributed by atoms with Crippen LogP contribution < -0.4 is 0 Å². The van der Waals surface area contributed by atoms with E-state index >= 15 is 0 Å². The zero-order valence-electron chi connectivity index (χ0n) is 13.3. The van der Waals surface area contributed by atoms with Gasteiger partial charge in [-0.25, -0.2) is 0 Å². The van der Waals surface area contributed by atoms with Crippen molar-refractivity contribution in [2.45, 2.75) is 33.6 Å². The molecule has 22 heavy (non-hydrogen) atoms. The molecule has 0 bridgehead atoms. The molecule has 1 saturated heterocycles. The van der Waals surface area contributed by atoms with Gasteiger partial charge in [0.25, 0.3) is 5.91 Å². The molecule has 6 nitrogen and oxygen atoms in total. The largest absolute Gasteiger partial charge is 0.455 e. The standard InChI is InChI=1S/C16H22N2O4/c1-10-13-11(17-20)8-16(2,3)9-12(13)22-14(10)15(19)18-4-6-21-7-5-18/h20H,4-9H2,1-3H3/b17-11+. The van der Waals surface area contributed by atoms with Crippen LogP contribution in [0.2, 0.25) is 0 Å². The molecule has 0 spiro atoms. The number of nitrogens with zero attached hydrogens (tertiary/aromatic N) is 2. The minimum absolute atomic E-state index is 0.0435. The van der Waals surface area contributed by atoms with Gasteiger partial charge in [0.15, 0.2) is 5.76 Å². The molecule has 0 aromatic carbocycles. The van der Waals surface area contributed by atoms with Crippen LogP contribution in [0.25, 0.3) is 0 Å². The molecular formula is C16H22N2O4. The lowest BCUT2D eigenvalue weighted by molar-refractivity contribution is 0.0280. The van der Waals surface area contributed by atoms with Crippen LogP contribution in [0.15, 0.2) is 9.57 Å². The molecule has 3 rings (SSSR count). The van der Waals surface area contributed by atoms with Crippen LogP contribution >= 0.6 is 0 Å². The van der Waals surface area contributed by atoms with Crippen LogP contribution in [-0.2, 0) is 11.2 Å². The third-order valence-corrected chi connectivity index (χ3v) is 4.41. The van der Waals surface area contributed by atoms with E-state index in [1.165, 1.54) is 0 Å². The Morgan fingerprint density at radius 2 is 1.95 bits per heavy atom. The van der Waals surface area contributed by atoms with Gasteiger partial charge in [-0.05, 0) is 18.8 Å². The molecule has 2 heterocycles. The van der Waals surface area contributed by atoms with E-state index in [1.54, 1.807) is 4.90 Å². The minimum atomic E-state index is -0.106. The zero-order chi connectivity index (χ0) is 15.9. The van der Waals surface area contributed by atoms with Crippen molar-refractivity contribution < 1.29 is 19.2 Å². The molecule has 1 aromatic heterocycles. The van der Waals surface area contributed by atoms with E-state index in [0.717, 1.165) is 23.3 Å². The Hall–Kier alpha value is -1.82. The van der Waals surface area contributed by atoms with E-state index < -0.39 is 0 Å². The van der Waals surface area contributed by atoms with Crippen LogP contribution in [0.5, 0.6) is 0 Å². The second-order valence-electron chi connectivity index (χ2n) is 6.82. The maximum absolute atomic E-state index is 12.7. The van der Waals surface area contributed by atoms with Crippen molar-refractivity contribution in [2.24, 2.45) is 10.6 Å². The van der Waals surface area contributed by atoms with Gasteiger partial charge < -0.3 is 19.3 Å². The first kappa shape index (κ1) is 15.1. The van der Waals surface area contributed by atoms with E-state index in [4.69, 9.17) is 9.15 Å². The molecule has 1 aromatic rings. The number of morpholine rings is 1. The summed E-state index contributed by atoms with van der Waals surface area (Å²) >= 11 is 0. The Labute approximate surface area is 129 Å². The van der Waals surface area contributed by atoms with Gasteiger partial charge in [0, 0.05) is 30.6 Å². The molecule has 2 aliphatic rings. The van der Waals surface area contributed by atoms with Crippen LogP contribution in [0, 0.1) is 12.3 Å². The number of hydrogen-bond acceptors (Lipinski definition) is 5. The van der Waals surface area contributed by atoms with Crippen molar-refractivity contribution in [3.63, 3.8) is 0 Å². The Morgan fingerprint density at radius 1 is 1.27 bits per heavy atom. The predicted molar refractivity (Wildman–Crippen MR) is 80.6 cm³/mol. The average molecular weight is 306 g/mol. The van der Waals surface area contributed by atoms with Crippen molar-refractivity contribution in [1.29, 1.82) is 0 Å². The third-order valence-electron chi connectivity index (χ3n) is 4.41. The van der Waals surface area contributed by atoms with Gasteiger partial charge in [0.05, 0.1) is 18.9 Å². The molecule has 1 fully saturated rings. The number of furan rings is 1. The van der Waals surface area contributed by atoms with Gasteiger partial charge in [-0.3, -0.25) is 4.79 Å². The van der Waals surface area contributed by atoms with Gasteiger partial charge in [-0.15, -0.1) is 0 Å². The number of rotatable bonds is 1. The Balaban J connectivity index is 1.98. The highest BCUT2D eigenvalue weighted by molar-refractivity contribution is 6.06. The summed E-state index contributed by atoms with van der Waals surface area (Å²) in [7, 11) is 0. The first-order valence-electron chi connectivity index (χ1n) is 7.63. The zero-order valence-corrected chi connectivity index (χ0v) is 13.3. The summed E-state index contributed by atoms with van der Waals surface area (Å²) in [6.45, 7) is 8.33. The highest BCUT2D eigenvalue weighted by atomic mass is 16.5. The smallest absolute Gasteiger partial charge is 0.290 e. The van der Waals surface area contributed by atoms with Crippen molar-refractivity contribution in [3.8, 4) is 0 Å². The van der Waals surface area contributed by atoms with Crippen LogP contribution in [0.4, 0.5) is 0 Å². The quantitative estimate of drug-likeness (QED) is 0.637. The highest BCUT2D eigenvalue weighted by Crippen LogP contribution is 2.39. The summed E-state index contributed by atoms with van der Waals surface area (Å²) in [5.41, 5.74) is 2.14. The Kier molecular flexibility index (Phi) is 3.72. The Morgan fingerprint density at radius 3 is 2.59 bits per heavy atom. The second kappa shape index (κ2) is 5.43. The molecule has 1 aliphatic heterocycles. The fraction of sp³-hybridized carbons (Fsp3) is 0.625. The first-order chi connectivity index (χ1) is 10.4. The fourth-order valence-corrected chi connectivity index (χ4v) is 3.31. The molecule has 1 aliphatic carbocycles. The molecule has 0 atom stereocenters. The van der Waals surface area contributed by atoms with E-state index in [1.807, 2.05) is 6.92 Å². The van der Waals surface area contributed by atoms with Crippen LogP contribution in [0.1, 0.15) is 47.7 Å². The molecule has 6 heteroatoms. The molecule has 0 radical (unpaired) electrons. The number of fused-ring (bicyclic) bond motifs is 1. The van der Waals surface area contributed by atoms with Crippen molar-refractivity contribution in [3.05, 3.63) is 22.6 Å². The molecule has 120 valence electrons. The number of carbonyl (C=O) groups excluding carboxylic acids is 1. The number of hydrogen-bond donors (Lipinski definition) is 1. The molecule has 1 N–H and O–H groups in total. The molecule has 1 amide bonds. The topological polar surface area (TPSA) is 75.3 Å². The third kappa shape index (κ3) is 2.52. The van der Waals surface area contributed by atoms with Gasteiger partial charge in [0.2, 0.25) is 0 Å². The normalized spacial score (nSPS) is 22.7. The maximum Gasteiger partial charge on any atom is 0.290 e. The Bertz CT molecular complexity index is 624. The van der Waals surface area contributed by atoms with Crippen molar-refractivity contribution in [2.75, 3.05) is 26.3 Å². The monoisotopic (exact) mass is 306 g/mol. The van der Waals surface area contributed by atoms with Crippen molar-refractivity contribution >= 4 is 11.6 Å². The lowest BCUT2D eigenvalue weighted by atomic mass is 9.75. The average Bonchev–Trinajstić information content (AvgIpc) is 2.82. The van der Waals surface area contributed by atoms with Gasteiger partial charge >= 0.3 is 0 Å². The number of amides is 1. The van der Waals surface area contributed by atoms with Gasteiger partial charge in [0.1, 0.15) is 5.76 Å². The van der Waals surface area contributed by atoms with E-state index in [2.05, 4.69) is 19.0 Å². The number of ether oxygens (including phenoxy) is 1. The summed E-state index contributed by atoms with van der Waals surface area (Å²) in [6.07, 6.45) is 1.40.